The van der Waals surface area contributed by atoms with Gasteiger partial charge >= 0.3 is 13.7 Å². The third-order valence-corrected chi connectivity index (χ3v) is 7.75. The molecule has 1 aliphatic rings. The molecule has 0 aliphatic heterocycles. The van der Waals surface area contributed by atoms with Crippen LogP contribution in [-0.2, 0) is 13.9 Å². The van der Waals surface area contributed by atoms with E-state index in [1.165, 1.54) is 14.0 Å². The second-order valence-corrected chi connectivity index (χ2v) is 10.5. The van der Waals surface area contributed by atoms with Crippen molar-refractivity contribution in [2.24, 2.45) is 5.92 Å². The summed E-state index contributed by atoms with van der Waals surface area (Å²) in [6.07, 6.45) is 3.09. The highest BCUT2D eigenvalue weighted by molar-refractivity contribution is 9.10. The van der Waals surface area contributed by atoms with Gasteiger partial charge in [0.2, 0.25) is 11.8 Å². The standard InChI is InChI=1S/C20H24BrN6O6P/c1-11(19(28)29)26-34(30,33-15-6-4-3-5-14(15)21)32-9-12-7-13(8-12)27-10-23-16-17(27)24-20(22)25-18(16)31-2/h3-6,10-13H,7-9H2,1-2H3,(H,26,30)(H,28,29)(H2,22,24,25)/t11-,12?,13?,34?/m0/s1. The Morgan fingerprint density at radius 1 is 1.38 bits per heavy atom. The molecule has 12 nitrogen and oxygen atoms in total. The number of anilines is 1. The number of hydrogen-bond donors (Lipinski definition) is 3. The second kappa shape index (κ2) is 9.87. The number of carbonyl (C=O) groups is 1. The summed E-state index contributed by atoms with van der Waals surface area (Å²) < 4.78 is 32.4. The summed E-state index contributed by atoms with van der Waals surface area (Å²) in [6, 6.07) is 5.77. The van der Waals surface area contributed by atoms with Gasteiger partial charge in [-0.15, -0.1) is 0 Å². The number of nitrogens with one attached hydrogen (secondary N) is 1. The van der Waals surface area contributed by atoms with Crippen molar-refractivity contribution in [2.45, 2.75) is 31.8 Å². The van der Waals surface area contributed by atoms with Crippen LogP contribution in [-0.4, -0.2) is 50.4 Å². The molecule has 182 valence electrons. The van der Waals surface area contributed by atoms with Gasteiger partial charge in [-0.05, 0) is 53.7 Å². The molecule has 2 aromatic heterocycles. The Balaban J connectivity index is 1.43. The Morgan fingerprint density at radius 3 is 2.79 bits per heavy atom. The van der Waals surface area contributed by atoms with Crippen molar-refractivity contribution in [1.29, 1.82) is 0 Å². The number of benzene rings is 1. The fraction of sp³-hybridized carbons (Fsp3) is 0.400. The maximum absolute atomic E-state index is 13.4. The van der Waals surface area contributed by atoms with E-state index in [2.05, 4.69) is 36.0 Å². The van der Waals surface area contributed by atoms with Crippen molar-refractivity contribution in [3.8, 4) is 11.6 Å². The Labute approximate surface area is 203 Å². The average molecular weight is 555 g/mol. The van der Waals surface area contributed by atoms with Crippen LogP contribution >= 0.6 is 23.7 Å². The van der Waals surface area contributed by atoms with E-state index in [1.54, 1.807) is 30.6 Å². The zero-order valence-electron chi connectivity index (χ0n) is 18.4. The first-order valence-electron chi connectivity index (χ1n) is 10.4. The monoisotopic (exact) mass is 554 g/mol. The predicted molar refractivity (Wildman–Crippen MR) is 127 cm³/mol. The number of carboxylic acid groups (broad SMARTS) is 1. The zero-order valence-corrected chi connectivity index (χ0v) is 20.9. The molecular formula is C20H24BrN6O6P. The summed E-state index contributed by atoms with van der Waals surface area (Å²) in [5.74, 6) is -0.426. The Kier molecular flexibility index (Phi) is 7.08. The molecule has 1 unspecified atom stereocenters. The van der Waals surface area contributed by atoms with E-state index in [0.717, 1.165) is 0 Å². The van der Waals surface area contributed by atoms with Gasteiger partial charge in [0.25, 0.3) is 0 Å². The predicted octanol–water partition coefficient (Wildman–Crippen LogP) is 3.40. The largest absolute Gasteiger partial charge is 0.480 e. The fourth-order valence-electron chi connectivity index (χ4n) is 3.61. The van der Waals surface area contributed by atoms with Gasteiger partial charge in [-0.25, -0.2) is 9.55 Å². The molecule has 0 bridgehead atoms. The fourth-order valence-corrected chi connectivity index (χ4v) is 5.69. The molecule has 1 aliphatic carbocycles. The van der Waals surface area contributed by atoms with Crippen molar-refractivity contribution in [2.75, 3.05) is 19.5 Å². The quantitative estimate of drug-likeness (QED) is 0.314. The lowest BCUT2D eigenvalue weighted by Gasteiger charge is -2.36. The average Bonchev–Trinajstić information content (AvgIpc) is 3.17. The van der Waals surface area contributed by atoms with Crippen LogP contribution < -0.4 is 20.1 Å². The summed E-state index contributed by atoms with van der Waals surface area (Å²) >= 11 is 3.33. The van der Waals surface area contributed by atoms with E-state index in [4.69, 9.17) is 19.5 Å². The van der Waals surface area contributed by atoms with Crippen LogP contribution in [0.5, 0.6) is 11.6 Å². The van der Waals surface area contributed by atoms with Gasteiger partial charge < -0.3 is 24.7 Å². The van der Waals surface area contributed by atoms with E-state index >= 15 is 0 Å². The van der Waals surface area contributed by atoms with Crippen molar-refractivity contribution >= 4 is 46.8 Å². The number of aliphatic carboxylic acids is 1. The number of para-hydroxylation sites is 1. The molecule has 34 heavy (non-hydrogen) atoms. The van der Waals surface area contributed by atoms with Crippen molar-refractivity contribution in [1.82, 2.24) is 24.6 Å². The highest BCUT2D eigenvalue weighted by Gasteiger charge is 2.37. The number of nitrogen functional groups attached to an aromatic ring is 1. The molecule has 1 saturated carbocycles. The van der Waals surface area contributed by atoms with Crippen molar-refractivity contribution in [3.63, 3.8) is 0 Å². The first-order chi connectivity index (χ1) is 16.2. The number of nitrogens with two attached hydrogens (primary N) is 1. The van der Waals surface area contributed by atoms with Gasteiger partial charge in [-0.2, -0.15) is 15.1 Å². The van der Waals surface area contributed by atoms with Gasteiger partial charge in [0, 0.05) is 6.04 Å². The lowest BCUT2D eigenvalue weighted by molar-refractivity contribution is -0.138. The molecule has 0 amide bonds. The van der Waals surface area contributed by atoms with Crippen molar-refractivity contribution < 1.29 is 28.3 Å². The molecule has 0 radical (unpaired) electrons. The number of rotatable bonds is 10. The first-order valence-corrected chi connectivity index (χ1v) is 12.8. The summed E-state index contributed by atoms with van der Waals surface area (Å²) in [5, 5.41) is 11.7. The van der Waals surface area contributed by atoms with Gasteiger partial charge in [0.15, 0.2) is 11.2 Å². The van der Waals surface area contributed by atoms with Gasteiger partial charge in [-0.1, -0.05) is 12.1 Å². The van der Waals surface area contributed by atoms with Crippen LogP contribution in [0, 0.1) is 5.92 Å². The molecule has 2 heterocycles. The van der Waals surface area contributed by atoms with Crippen molar-refractivity contribution in [3.05, 3.63) is 35.1 Å². The number of halogens is 1. The van der Waals surface area contributed by atoms with E-state index in [0.29, 0.717) is 34.4 Å². The molecule has 4 N–H and O–H groups in total. The van der Waals surface area contributed by atoms with Gasteiger partial charge in [-0.3, -0.25) is 9.32 Å². The molecule has 2 atom stereocenters. The lowest BCUT2D eigenvalue weighted by atomic mass is 9.81. The molecule has 3 aromatic rings. The Morgan fingerprint density at radius 2 is 2.12 bits per heavy atom. The number of methoxy groups -OCH3 is 1. The van der Waals surface area contributed by atoms with E-state index in [9.17, 15) is 14.5 Å². The molecule has 0 spiro atoms. The summed E-state index contributed by atoms with van der Waals surface area (Å²) in [7, 11) is -2.49. The minimum Gasteiger partial charge on any atom is -0.480 e. The number of hydrogen-bond acceptors (Lipinski definition) is 9. The van der Waals surface area contributed by atoms with Crippen LogP contribution in [0.15, 0.2) is 35.1 Å². The molecule has 4 rings (SSSR count). The topological polar surface area (TPSA) is 164 Å². The number of aromatic nitrogens is 4. The lowest BCUT2D eigenvalue weighted by Crippen LogP contribution is -2.35. The Bertz CT molecular complexity index is 1250. The van der Waals surface area contributed by atoms with Crippen LogP contribution in [0.25, 0.3) is 11.2 Å². The third-order valence-electron chi connectivity index (χ3n) is 5.46. The number of nitrogens with zero attached hydrogens (tertiary/aromatic N) is 4. The minimum absolute atomic E-state index is 0.0709. The zero-order chi connectivity index (χ0) is 24.5. The molecular weight excluding hydrogens is 531 g/mol. The normalized spacial score (nSPS) is 20.3. The molecule has 1 aromatic carbocycles. The van der Waals surface area contributed by atoms with E-state index in [-0.39, 0.29) is 30.3 Å². The van der Waals surface area contributed by atoms with Gasteiger partial charge in [0.05, 0.1) is 24.5 Å². The Hall–Kier alpha value is -2.73. The molecule has 1 fully saturated rings. The molecule has 0 saturated heterocycles. The number of carboxylic acids is 1. The second-order valence-electron chi connectivity index (χ2n) is 7.91. The number of imidazole rings is 1. The summed E-state index contributed by atoms with van der Waals surface area (Å²) in [5.41, 5.74) is 6.89. The number of fused-ring (bicyclic) bond motifs is 1. The highest BCUT2D eigenvalue weighted by atomic mass is 79.9. The smallest absolute Gasteiger partial charge is 0.459 e. The van der Waals surface area contributed by atoms with Crippen LogP contribution in [0.2, 0.25) is 0 Å². The SMILES string of the molecule is COc1nc(N)nc2c1ncn2C1CC(COP(=O)(N[C@@H](C)C(=O)O)Oc2ccccc2Br)C1. The highest BCUT2D eigenvalue weighted by Crippen LogP contribution is 2.49. The summed E-state index contributed by atoms with van der Waals surface area (Å²) in [6.45, 7) is 1.48. The van der Waals surface area contributed by atoms with Gasteiger partial charge in [0.1, 0.15) is 11.8 Å². The maximum Gasteiger partial charge on any atom is 0.459 e. The van der Waals surface area contributed by atoms with Crippen LogP contribution in [0.3, 0.4) is 0 Å². The van der Waals surface area contributed by atoms with Crippen LogP contribution in [0.4, 0.5) is 5.95 Å². The van der Waals surface area contributed by atoms with E-state index < -0.39 is 19.8 Å². The van der Waals surface area contributed by atoms with E-state index in [1.807, 2.05) is 4.57 Å². The summed E-state index contributed by atoms with van der Waals surface area (Å²) in [4.78, 5) is 24.0. The number of ether oxygens (including phenoxy) is 1. The maximum atomic E-state index is 13.4. The first kappa shape index (κ1) is 24.4. The minimum atomic E-state index is -3.98. The molecule has 14 heteroatoms. The van der Waals surface area contributed by atoms with Crippen LogP contribution in [0.1, 0.15) is 25.8 Å². The third kappa shape index (κ3) is 5.17.